The number of rotatable bonds is 4. The van der Waals surface area contributed by atoms with Crippen LogP contribution in [0.3, 0.4) is 0 Å². The molecule has 4 heterocycles. The molecule has 8 fully saturated rings. The number of hydrogen-bond donors (Lipinski definition) is 2. The number of urea groups is 1. The van der Waals surface area contributed by atoms with Crippen molar-refractivity contribution >= 4 is 16.1 Å². The van der Waals surface area contributed by atoms with E-state index in [2.05, 4.69) is 15.2 Å². The highest BCUT2D eigenvalue weighted by Gasteiger charge is 2.83. The van der Waals surface area contributed by atoms with Crippen molar-refractivity contribution in [2.24, 2.45) is 16.2 Å². The second-order valence-electron chi connectivity index (χ2n) is 14.1. The van der Waals surface area contributed by atoms with Crippen LogP contribution in [0.5, 0.6) is 0 Å². The first kappa shape index (κ1) is 24.8. The SMILES string of the molecule is O=C(N1CC2(CCN(S(=O)(=O)C34CC(C(F)(F)F)(C3)C4)CC2)C1)N1CC2(CC(c3nc(C4(O)CC4)n[nH]3)C2)C1. The Bertz CT molecular complexity index is 1320. The van der Waals surface area contributed by atoms with E-state index >= 15 is 0 Å². The zero-order chi connectivity index (χ0) is 27.3. The first-order valence-electron chi connectivity index (χ1n) is 14.0. The lowest BCUT2D eigenvalue weighted by Crippen LogP contribution is -2.77. The van der Waals surface area contributed by atoms with Crippen LogP contribution >= 0.6 is 0 Å². The molecule has 214 valence electrons. The number of sulfonamides is 1. The predicted molar refractivity (Wildman–Crippen MR) is 130 cm³/mol. The van der Waals surface area contributed by atoms with Crippen LogP contribution in [0, 0.1) is 16.2 Å². The molecule has 0 radical (unpaired) electrons. The van der Waals surface area contributed by atoms with E-state index < -0.39 is 32.0 Å². The molecule has 8 aliphatic rings. The van der Waals surface area contributed by atoms with Gasteiger partial charge >= 0.3 is 12.2 Å². The van der Waals surface area contributed by atoms with Crippen molar-refractivity contribution in [2.75, 3.05) is 39.3 Å². The van der Waals surface area contributed by atoms with Gasteiger partial charge in [0.15, 0.2) is 5.82 Å². The highest BCUT2D eigenvalue weighted by molar-refractivity contribution is 7.90. The summed E-state index contributed by atoms with van der Waals surface area (Å²) in [6.07, 6.45) is -0.630. The van der Waals surface area contributed by atoms with Crippen LogP contribution < -0.4 is 0 Å². The van der Waals surface area contributed by atoms with Gasteiger partial charge in [-0.1, -0.05) is 0 Å². The summed E-state index contributed by atoms with van der Waals surface area (Å²) in [5, 5.41) is 17.4. The maximum absolute atomic E-state index is 13.2. The van der Waals surface area contributed by atoms with Gasteiger partial charge in [0, 0.05) is 56.0 Å². The minimum absolute atomic E-state index is 0.0361. The fraction of sp³-hybridized carbons (Fsp3) is 0.880. The van der Waals surface area contributed by atoms with E-state index in [4.69, 9.17) is 0 Å². The average molecular weight is 571 g/mol. The summed E-state index contributed by atoms with van der Waals surface area (Å²) in [7, 11) is -3.75. The quantitative estimate of drug-likeness (QED) is 0.573. The number of aromatic amines is 1. The van der Waals surface area contributed by atoms with Crippen molar-refractivity contribution in [3.8, 4) is 0 Å². The van der Waals surface area contributed by atoms with Gasteiger partial charge < -0.3 is 14.9 Å². The van der Waals surface area contributed by atoms with E-state index in [0.717, 1.165) is 31.8 Å². The number of carbonyl (C=O) groups excluding carboxylic acids is 1. The summed E-state index contributed by atoms with van der Waals surface area (Å²) in [5.41, 5.74) is -2.57. The molecule has 2 bridgehead atoms. The van der Waals surface area contributed by atoms with Gasteiger partial charge in [0.2, 0.25) is 10.0 Å². The number of aromatic nitrogens is 3. The van der Waals surface area contributed by atoms with Crippen molar-refractivity contribution in [3.05, 3.63) is 11.6 Å². The largest absolute Gasteiger partial charge is 0.394 e. The number of amides is 2. The summed E-state index contributed by atoms with van der Waals surface area (Å²) in [6, 6.07) is 0.0361. The summed E-state index contributed by atoms with van der Waals surface area (Å²) < 4.78 is 66.1. The van der Waals surface area contributed by atoms with Crippen molar-refractivity contribution < 1.29 is 31.5 Å². The topological polar surface area (TPSA) is 123 Å². The molecule has 14 heteroatoms. The molecule has 1 aromatic heterocycles. The second-order valence-corrected chi connectivity index (χ2v) is 16.4. The van der Waals surface area contributed by atoms with Crippen molar-refractivity contribution in [3.63, 3.8) is 0 Å². The van der Waals surface area contributed by atoms with Gasteiger partial charge in [0.1, 0.15) is 11.4 Å². The van der Waals surface area contributed by atoms with E-state index in [-0.39, 0.29) is 42.0 Å². The van der Waals surface area contributed by atoms with Crippen LogP contribution in [-0.4, -0.2) is 99.0 Å². The fourth-order valence-corrected chi connectivity index (χ4v) is 11.1. The molecular weight excluding hydrogens is 537 g/mol. The van der Waals surface area contributed by atoms with Crippen molar-refractivity contribution in [2.45, 2.75) is 80.2 Å². The second kappa shape index (κ2) is 7.10. The number of nitrogens with zero attached hydrogens (tertiary/aromatic N) is 5. The molecule has 0 atom stereocenters. The third kappa shape index (κ3) is 3.22. The van der Waals surface area contributed by atoms with E-state index in [1.165, 1.54) is 4.31 Å². The number of aliphatic hydroxyl groups is 1. The Balaban J connectivity index is 0.798. The molecule has 2 N–H and O–H groups in total. The molecular formula is C25H33F3N6O4S. The predicted octanol–water partition coefficient (Wildman–Crippen LogP) is 2.30. The number of piperidine rings is 1. The highest BCUT2D eigenvalue weighted by atomic mass is 32.2. The molecule has 9 rings (SSSR count). The van der Waals surface area contributed by atoms with E-state index in [9.17, 15) is 31.5 Å². The van der Waals surface area contributed by atoms with Gasteiger partial charge in [0.05, 0.1) is 10.2 Å². The van der Waals surface area contributed by atoms with Crippen LogP contribution in [0.2, 0.25) is 0 Å². The van der Waals surface area contributed by atoms with Gasteiger partial charge in [-0.2, -0.15) is 18.3 Å². The number of nitrogens with one attached hydrogen (secondary N) is 1. The summed E-state index contributed by atoms with van der Waals surface area (Å²) >= 11 is 0. The molecule has 3 saturated heterocycles. The number of alkyl halides is 3. The lowest BCUT2D eigenvalue weighted by Gasteiger charge is -2.69. The Kier molecular flexibility index (Phi) is 4.52. The first-order valence-corrected chi connectivity index (χ1v) is 15.4. The minimum atomic E-state index is -4.32. The van der Waals surface area contributed by atoms with Crippen LogP contribution in [0.1, 0.15) is 75.4 Å². The van der Waals surface area contributed by atoms with Gasteiger partial charge in [-0.25, -0.2) is 22.5 Å². The number of hydrogen-bond acceptors (Lipinski definition) is 6. The molecule has 39 heavy (non-hydrogen) atoms. The van der Waals surface area contributed by atoms with E-state index in [1.54, 1.807) is 0 Å². The molecule has 5 aliphatic carbocycles. The Hall–Kier alpha value is -1.93. The molecule has 1 aromatic rings. The van der Waals surface area contributed by atoms with E-state index in [0.29, 0.717) is 57.7 Å². The Morgan fingerprint density at radius 3 is 2.05 bits per heavy atom. The Labute approximate surface area is 224 Å². The lowest BCUT2D eigenvalue weighted by molar-refractivity contribution is -0.315. The van der Waals surface area contributed by atoms with Crippen LogP contribution in [-0.2, 0) is 15.6 Å². The molecule has 10 nitrogen and oxygen atoms in total. The molecule has 3 aliphatic heterocycles. The maximum atomic E-state index is 13.2. The third-order valence-electron chi connectivity index (χ3n) is 11.3. The number of H-pyrrole nitrogens is 1. The van der Waals surface area contributed by atoms with Gasteiger partial charge in [-0.05, 0) is 57.8 Å². The summed E-state index contributed by atoms with van der Waals surface area (Å²) in [4.78, 5) is 21.3. The molecule has 5 saturated carbocycles. The van der Waals surface area contributed by atoms with Crippen LogP contribution in [0.15, 0.2) is 0 Å². The Morgan fingerprint density at radius 2 is 1.51 bits per heavy atom. The molecule has 2 amide bonds. The lowest BCUT2D eigenvalue weighted by atomic mass is 9.43. The Morgan fingerprint density at radius 1 is 0.949 bits per heavy atom. The molecule has 2 spiro atoms. The average Bonchev–Trinajstić information content (AvgIpc) is 3.27. The summed E-state index contributed by atoms with van der Waals surface area (Å²) in [5.74, 6) is 1.60. The summed E-state index contributed by atoms with van der Waals surface area (Å²) in [6.45, 7) is 3.31. The maximum Gasteiger partial charge on any atom is 0.394 e. The van der Waals surface area contributed by atoms with E-state index in [1.807, 2.05) is 9.80 Å². The van der Waals surface area contributed by atoms with Crippen LogP contribution in [0.4, 0.5) is 18.0 Å². The first-order chi connectivity index (χ1) is 18.2. The number of carbonyl (C=O) groups is 1. The normalized spacial score (nSPS) is 36.0. The smallest absolute Gasteiger partial charge is 0.382 e. The fourth-order valence-electron chi connectivity index (χ4n) is 8.50. The number of halogens is 3. The number of likely N-dealkylation sites (tertiary alicyclic amines) is 2. The third-order valence-corrected chi connectivity index (χ3v) is 13.9. The zero-order valence-corrected chi connectivity index (χ0v) is 22.5. The van der Waals surface area contributed by atoms with Gasteiger partial charge in [-0.3, -0.25) is 5.10 Å². The van der Waals surface area contributed by atoms with Crippen LogP contribution in [0.25, 0.3) is 0 Å². The molecule has 0 aromatic carbocycles. The van der Waals surface area contributed by atoms with Crippen molar-refractivity contribution in [1.29, 1.82) is 0 Å². The van der Waals surface area contributed by atoms with Gasteiger partial charge in [-0.15, -0.1) is 0 Å². The van der Waals surface area contributed by atoms with Crippen molar-refractivity contribution in [1.82, 2.24) is 29.3 Å². The minimum Gasteiger partial charge on any atom is -0.382 e. The standard InChI is InChI=1S/C25H33F3N6O4S/c26-25(27,28)22-9-23(10-22,11-22)39(37,38)34-5-3-20(4-6-34)12-32(13-20)19(35)33-14-21(15-33)7-16(8-21)17-29-18(31-30-17)24(36)1-2-24/h16,36H,1-15H2,(H,29,30,31). The highest BCUT2D eigenvalue weighted by Crippen LogP contribution is 2.76. The monoisotopic (exact) mass is 570 g/mol. The van der Waals surface area contributed by atoms with Gasteiger partial charge in [0.25, 0.3) is 0 Å². The molecule has 0 unspecified atom stereocenters. The zero-order valence-electron chi connectivity index (χ0n) is 21.6.